The van der Waals surface area contributed by atoms with E-state index in [2.05, 4.69) is 34.1 Å². The minimum atomic E-state index is -0.956. The van der Waals surface area contributed by atoms with Crippen LogP contribution in [0.3, 0.4) is 0 Å². The van der Waals surface area contributed by atoms with E-state index in [9.17, 15) is 10.4 Å². The Morgan fingerprint density at radius 2 is 2.19 bits per heavy atom. The molecule has 21 heavy (non-hydrogen) atoms. The molecular weight excluding hydrogens is 330 g/mol. The number of aliphatic hydroxyl groups is 1. The van der Waals surface area contributed by atoms with E-state index in [-0.39, 0.29) is 12.2 Å². The van der Waals surface area contributed by atoms with Crippen molar-refractivity contribution in [3.63, 3.8) is 0 Å². The second-order valence-electron chi connectivity index (χ2n) is 6.73. The van der Waals surface area contributed by atoms with E-state index in [1.165, 1.54) is 11.1 Å². The van der Waals surface area contributed by atoms with Crippen molar-refractivity contribution in [1.82, 2.24) is 0 Å². The quantitative estimate of drug-likeness (QED) is 0.848. The number of hydrogen-bond donors (Lipinski definition) is 1. The van der Waals surface area contributed by atoms with Gasteiger partial charge < -0.3 is 9.84 Å². The molecule has 1 aromatic carbocycles. The fourth-order valence-electron chi connectivity index (χ4n) is 4.55. The van der Waals surface area contributed by atoms with Gasteiger partial charge in [-0.3, -0.25) is 0 Å². The first-order valence-electron chi connectivity index (χ1n) is 7.63. The van der Waals surface area contributed by atoms with Gasteiger partial charge in [-0.05, 0) is 55.4 Å². The van der Waals surface area contributed by atoms with E-state index in [1.807, 2.05) is 6.07 Å². The van der Waals surface area contributed by atoms with E-state index in [4.69, 9.17) is 4.74 Å². The first-order valence-corrected chi connectivity index (χ1v) is 8.42. The van der Waals surface area contributed by atoms with Crippen molar-refractivity contribution in [2.45, 2.75) is 56.3 Å². The molecule has 1 N–H and O–H groups in total. The Morgan fingerprint density at radius 3 is 2.86 bits per heavy atom. The standard InChI is InChI=1S/C17H18BrNO2/c18-13-2-1-12-8-17(20,6-5-11(12)7-13)16(10-19)9-14-3-4-15(16)21-14/h1-2,7,14-15,20H,3-6,8-9H2. The summed E-state index contributed by atoms with van der Waals surface area (Å²) in [5.41, 5.74) is 0.777. The van der Waals surface area contributed by atoms with Gasteiger partial charge in [0, 0.05) is 10.9 Å². The number of nitriles is 1. The van der Waals surface area contributed by atoms with Crippen LogP contribution in [0.4, 0.5) is 0 Å². The van der Waals surface area contributed by atoms with Gasteiger partial charge in [-0.2, -0.15) is 5.26 Å². The van der Waals surface area contributed by atoms with E-state index in [1.54, 1.807) is 0 Å². The average Bonchev–Trinajstić information content (AvgIpc) is 3.09. The van der Waals surface area contributed by atoms with Crippen LogP contribution < -0.4 is 0 Å². The summed E-state index contributed by atoms with van der Waals surface area (Å²) in [6, 6.07) is 8.69. The molecule has 4 heteroatoms. The highest BCUT2D eigenvalue weighted by atomic mass is 79.9. The third kappa shape index (κ3) is 1.84. The normalized spacial score (nSPS) is 40.8. The highest BCUT2D eigenvalue weighted by Crippen LogP contribution is 2.56. The Kier molecular flexibility index (Phi) is 2.98. The van der Waals surface area contributed by atoms with Crippen LogP contribution in [0, 0.1) is 16.7 Å². The topological polar surface area (TPSA) is 53.2 Å². The molecule has 3 aliphatic rings. The van der Waals surface area contributed by atoms with Crippen molar-refractivity contribution in [3.8, 4) is 6.07 Å². The maximum atomic E-state index is 11.3. The van der Waals surface area contributed by atoms with Crippen molar-refractivity contribution in [3.05, 3.63) is 33.8 Å². The molecule has 2 aliphatic heterocycles. The van der Waals surface area contributed by atoms with Crippen LogP contribution in [-0.2, 0) is 17.6 Å². The fraction of sp³-hybridized carbons (Fsp3) is 0.588. The Balaban J connectivity index is 1.72. The van der Waals surface area contributed by atoms with Crippen LogP contribution in [0.15, 0.2) is 22.7 Å². The number of rotatable bonds is 1. The minimum absolute atomic E-state index is 0.0884. The molecule has 1 aromatic rings. The number of hydrogen-bond acceptors (Lipinski definition) is 3. The lowest BCUT2D eigenvalue weighted by atomic mass is 9.58. The molecule has 4 unspecified atom stereocenters. The smallest absolute Gasteiger partial charge is 0.115 e. The second kappa shape index (κ2) is 4.55. The summed E-state index contributed by atoms with van der Waals surface area (Å²) < 4.78 is 6.99. The van der Waals surface area contributed by atoms with Gasteiger partial charge in [0.05, 0.1) is 23.9 Å². The third-order valence-corrected chi connectivity index (χ3v) is 6.19. The number of nitrogens with zero attached hydrogens (tertiary/aromatic N) is 1. The predicted molar refractivity (Wildman–Crippen MR) is 81.7 cm³/mol. The molecule has 0 amide bonds. The second-order valence-corrected chi connectivity index (χ2v) is 7.65. The Morgan fingerprint density at radius 1 is 1.33 bits per heavy atom. The average molecular weight is 348 g/mol. The Labute approximate surface area is 133 Å². The molecule has 4 rings (SSSR count). The molecule has 0 spiro atoms. The summed E-state index contributed by atoms with van der Waals surface area (Å²) in [6.45, 7) is 0. The number of aryl methyl sites for hydroxylation is 1. The lowest BCUT2D eigenvalue weighted by Gasteiger charge is -2.46. The van der Waals surface area contributed by atoms with Crippen molar-refractivity contribution in [2.24, 2.45) is 5.41 Å². The number of fused-ring (bicyclic) bond motifs is 3. The maximum absolute atomic E-state index is 11.3. The molecular formula is C17H18BrNO2. The highest BCUT2D eigenvalue weighted by molar-refractivity contribution is 9.10. The van der Waals surface area contributed by atoms with Crippen LogP contribution in [-0.4, -0.2) is 22.9 Å². The van der Waals surface area contributed by atoms with Gasteiger partial charge in [-0.15, -0.1) is 0 Å². The zero-order valence-corrected chi connectivity index (χ0v) is 13.4. The lowest BCUT2D eigenvalue weighted by Crippen LogP contribution is -2.56. The van der Waals surface area contributed by atoms with Crippen molar-refractivity contribution >= 4 is 15.9 Å². The summed E-state index contributed by atoms with van der Waals surface area (Å²) in [5, 5.41) is 21.2. The zero-order chi connectivity index (χ0) is 14.7. The first kappa shape index (κ1) is 13.8. The third-order valence-electron chi connectivity index (χ3n) is 5.70. The SMILES string of the molecule is N#CC1(C2(O)CCc3cc(Br)ccc3C2)CC2CCC1O2. The maximum Gasteiger partial charge on any atom is 0.115 e. The summed E-state index contributed by atoms with van der Waals surface area (Å²) >= 11 is 3.50. The van der Waals surface area contributed by atoms with E-state index < -0.39 is 11.0 Å². The Hall–Kier alpha value is -0.890. The highest BCUT2D eigenvalue weighted by Gasteiger charge is 2.63. The molecule has 0 aromatic heterocycles. The van der Waals surface area contributed by atoms with E-state index >= 15 is 0 Å². The van der Waals surface area contributed by atoms with Gasteiger partial charge >= 0.3 is 0 Å². The lowest BCUT2D eigenvalue weighted by molar-refractivity contribution is -0.0934. The van der Waals surface area contributed by atoms with E-state index in [0.717, 1.165) is 23.7 Å². The number of halogens is 1. The van der Waals surface area contributed by atoms with Gasteiger partial charge in [-0.1, -0.05) is 22.0 Å². The molecule has 0 saturated carbocycles. The van der Waals surface area contributed by atoms with Crippen LogP contribution in [0.5, 0.6) is 0 Å². The van der Waals surface area contributed by atoms with Gasteiger partial charge in [0.25, 0.3) is 0 Å². The molecule has 110 valence electrons. The fourth-order valence-corrected chi connectivity index (χ4v) is 4.95. The van der Waals surface area contributed by atoms with Crippen LogP contribution in [0.25, 0.3) is 0 Å². The minimum Gasteiger partial charge on any atom is -0.388 e. The van der Waals surface area contributed by atoms with Crippen LogP contribution >= 0.6 is 15.9 Å². The molecule has 3 nitrogen and oxygen atoms in total. The first-order chi connectivity index (χ1) is 10.1. The van der Waals surface area contributed by atoms with Gasteiger partial charge in [0.1, 0.15) is 5.41 Å². The number of benzene rings is 1. The molecule has 2 saturated heterocycles. The van der Waals surface area contributed by atoms with Crippen LogP contribution in [0.1, 0.15) is 36.8 Å². The molecule has 2 fully saturated rings. The molecule has 4 atom stereocenters. The monoisotopic (exact) mass is 347 g/mol. The summed E-state index contributed by atoms with van der Waals surface area (Å²) in [6.07, 6.45) is 4.76. The number of ether oxygens (including phenoxy) is 1. The molecule has 2 heterocycles. The largest absolute Gasteiger partial charge is 0.388 e. The predicted octanol–water partition coefficient (Wildman–Crippen LogP) is 3.13. The summed E-state index contributed by atoms with van der Waals surface area (Å²) in [4.78, 5) is 0. The molecule has 2 bridgehead atoms. The van der Waals surface area contributed by atoms with Crippen molar-refractivity contribution in [2.75, 3.05) is 0 Å². The van der Waals surface area contributed by atoms with Crippen LogP contribution in [0.2, 0.25) is 0 Å². The molecule has 0 radical (unpaired) electrons. The zero-order valence-electron chi connectivity index (χ0n) is 11.8. The molecule has 1 aliphatic carbocycles. The van der Waals surface area contributed by atoms with Gasteiger partial charge in [0.2, 0.25) is 0 Å². The van der Waals surface area contributed by atoms with Crippen molar-refractivity contribution < 1.29 is 9.84 Å². The van der Waals surface area contributed by atoms with Gasteiger partial charge in [0.15, 0.2) is 0 Å². The van der Waals surface area contributed by atoms with E-state index in [0.29, 0.717) is 19.3 Å². The van der Waals surface area contributed by atoms with Gasteiger partial charge in [-0.25, -0.2) is 0 Å². The Bertz CT molecular complexity index is 640. The summed E-state index contributed by atoms with van der Waals surface area (Å²) in [7, 11) is 0. The van der Waals surface area contributed by atoms with Crippen molar-refractivity contribution in [1.29, 1.82) is 5.26 Å². The summed E-state index contributed by atoms with van der Waals surface area (Å²) in [5.74, 6) is 0.